The first kappa shape index (κ1) is 24.3. The van der Waals surface area contributed by atoms with E-state index in [-0.39, 0.29) is 29.4 Å². The van der Waals surface area contributed by atoms with E-state index >= 15 is 0 Å². The fraction of sp³-hybridized carbons (Fsp3) is 0.542. The van der Waals surface area contributed by atoms with Crippen LogP contribution in [0.2, 0.25) is 0 Å². The second kappa shape index (κ2) is 9.46. The summed E-state index contributed by atoms with van der Waals surface area (Å²) in [5, 5.41) is 40.3. The first-order chi connectivity index (χ1) is 16.1. The van der Waals surface area contributed by atoms with Crippen LogP contribution in [-0.4, -0.2) is 68.7 Å². The normalized spacial score (nSPS) is 32.0. The molecule has 184 valence electrons. The van der Waals surface area contributed by atoms with Gasteiger partial charge in [-0.15, -0.1) is 0 Å². The number of carbonyl (C=O) groups is 3. The number of aliphatic carboxylic acids is 1. The van der Waals surface area contributed by atoms with Crippen LogP contribution >= 0.6 is 0 Å². The number of phenolic OH excluding ortho intramolecular Hbond substituents is 1. The number of Topliss-reactive ketones (excluding diaryl/α,β-unsaturated/α-hetero) is 2. The Bertz CT molecular complexity index is 1040. The van der Waals surface area contributed by atoms with Crippen molar-refractivity contribution in [1.82, 2.24) is 0 Å². The van der Waals surface area contributed by atoms with Gasteiger partial charge in [0.15, 0.2) is 6.29 Å². The van der Waals surface area contributed by atoms with E-state index in [1.54, 1.807) is 6.92 Å². The molecule has 2 heterocycles. The standard InChI is InChI=1S/C24H28O10/c1-10-15(25)5-8-19(33-10)34-16-6-7-17(32-11(16)2)12-3-4-13-20(21(12)28)22(29)14(9-18(26)27)24(31)23(13)30/h3-4,10-11,15-17,19,25,28-29H,5-9H2,1-2H3,(H,26,27). The molecule has 1 aromatic rings. The summed E-state index contributed by atoms with van der Waals surface area (Å²) < 4.78 is 17.9. The van der Waals surface area contributed by atoms with Crippen molar-refractivity contribution < 1.29 is 49.0 Å². The van der Waals surface area contributed by atoms with E-state index in [2.05, 4.69) is 0 Å². The molecule has 10 heteroatoms. The Kier molecular flexibility index (Phi) is 6.77. The fourth-order valence-corrected chi connectivity index (χ4v) is 4.74. The summed E-state index contributed by atoms with van der Waals surface area (Å²) in [6, 6.07) is 2.80. The number of ketones is 2. The molecule has 6 atom stereocenters. The van der Waals surface area contributed by atoms with E-state index < -0.39 is 59.5 Å². The van der Waals surface area contributed by atoms with E-state index in [1.807, 2.05) is 6.92 Å². The minimum absolute atomic E-state index is 0.186. The minimum Gasteiger partial charge on any atom is -0.507 e. The van der Waals surface area contributed by atoms with Gasteiger partial charge in [-0.3, -0.25) is 14.4 Å². The zero-order chi connectivity index (χ0) is 24.7. The smallest absolute Gasteiger partial charge is 0.308 e. The van der Waals surface area contributed by atoms with Crippen LogP contribution in [0.4, 0.5) is 0 Å². The van der Waals surface area contributed by atoms with Crippen molar-refractivity contribution in [1.29, 1.82) is 0 Å². The van der Waals surface area contributed by atoms with Gasteiger partial charge in [0, 0.05) is 17.5 Å². The third-order valence-electron chi connectivity index (χ3n) is 6.68. The Labute approximate surface area is 195 Å². The third kappa shape index (κ3) is 4.46. The summed E-state index contributed by atoms with van der Waals surface area (Å²) in [6.07, 6.45) is -1.11. The van der Waals surface area contributed by atoms with Gasteiger partial charge < -0.3 is 34.6 Å². The lowest BCUT2D eigenvalue weighted by molar-refractivity contribution is -0.260. The highest BCUT2D eigenvalue weighted by molar-refractivity contribution is 6.52. The van der Waals surface area contributed by atoms with Gasteiger partial charge in [-0.2, -0.15) is 0 Å². The van der Waals surface area contributed by atoms with Crippen LogP contribution in [0.5, 0.6) is 5.75 Å². The molecule has 4 N–H and O–H groups in total. The van der Waals surface area contributed by atoms with Gasteiger partial charge in [0.25, 0.3) is 0 Å². The number of benzene rings is 1. The Morgan fingerprint density at radius 3 is 2.41 bits per heavy atom. The molecule has 2 saturated heterocycles. The van der Waals surface area contributed by atoms with Crippen LogP contribution in [-0.2, 0) is 23.8 Å². The zero-order valence-electron chi connectivity index (χ0n) is 18.9. The SMILES string of the molecule is CC1OC(OC2CCC(c3ccc4c(c3O)C(O)=C(CC(=O)O)C(=O)C4=O)OC2C)CCC1O. The van der Waals surface area contributed by atoms with Crippen molar-refractivity contribution in [3.8, 4) is 5.75 Å². The molecule has 0 radical (unpaired) electrons. The van der Waals surface area contributed by atoms with Crippen molar-refractivity contribution >= 4 is 23.3 Å². The maximum absolute atomic E-state index is 12.4. The Hall–Kier alpha value is -2.79. The number of phenols is 1. The van der Waals surface area contributed by atoms with Crippen molar-refractivity contribution in [2.75, 3.05) is 0 Å². The lowest BCUT2D eigenvalue weighted by Gasteiger charge is -2.39. The molecule has 0 amide bonds. The van der Waals surface area contributed by atoms with Crippen LogP contribution in [0.1, 0.15) is 73.5 Å². The summed E-state index contributed by atoms with van der Waals surface area (Å²) in [4.78, 5) is 35.8. The third-order valence-corrected chi connectivity index (χ3v) is 6.68. The lowest BCUT2D eigenvalue weighted by Crippen LogP contribution is -2.43. The van der Waals surface area contributed by atoms with Crippen molar-refractivity contribution in [2.45, 2.75) is 82.8 Å². The number of carboxylic acids is 1. The monoisotopic (exact) mass is 476 g/mol. The maximum Gasteiger partial charge on any atom is 0.308 e. The molecule has 0 spiro atoms. The summed E-state index contributed by atoms with van der Waals surface area (Å²) >= 11 is 0. The van der Waals surface area contributed by atoms with Gasteiger partial charge in [-0.05, 0) is 39.2 Å². The van der Waals surface area contributed by atoms with E-state index in [0.717, 1.165) is 0 Å². The van der Waals surface area contributed by atoms with Gasteiger partial charge in [-0.1, -0.05) is 6.07 Å². The summed E-state index contributed by atoms with van der Waals surface area (Å²) in [6.45, 7) is 3.62. The number of hydrogen-bond donors (Lipinski definition) is 4. The number of rotatable bonds is 5. The number of fused-ring (bicyclic) bond motifs is 1. The molecule has 0 saturated carbocycles. The second-order valence-corrected chi connectivity index (χ2v) is 8.98. The number of carboxylic acid groups (broad SMARTS) is 1. The Morgan fingerprint density at radius 2 is 1.76 bits per heavy atom. The summed E-state index contributed by atoms with van der Waals surface area (Å²) in [5.74, 6) is -4.60. The summed E-state index contributed by atoms with van der Waals surface area (Å²) in [7, 11) is 0. The van der Waals surface area contributed by atoms with Crippen LogP contribution in [0.25, 0.3) is 5.76 Å². The molecule has 2 aliphatic heterocycles. The van der Waals surface area contributed by atoms with Gasteiger partial charge in [0.05, 0.1) is 48.1 Å². The molecule has 1 aromatic carbocycles. The Balaban J connectivity index is 1.53. The molecule has 1 aliphatic carbocycles. The highest BCUT2D eigenvalue weighted by Gasteiger charge is 2.39. The molecule has 4 rings (SSSR count). The molecule has 6 unspecified atom stereocenters. The van der Waals surface area contributed by atoms with E-state index in [4.69, 9.17) is 19.3 Å². The number of carbonyl (C=O) groups excluding carboxylic acids is 2. The first-order valence-corrected chi connectivity index (χ1v) is 11.3. The van der Waals surface area contributed by atoms with E-state index in [9.17, 15) is 29.7 Å². The van der Waals surface area contributed by atoms with Crippen molar-refractivity contribution in [3.63, 3.8) is 0 Å². The number of ether oxygens (including phenoxy) is 3. The largest absolute Gasteiger partial charge is 0.507 e. The van der Waals surface area contributed by atoms with Crippen LogP contribution in [0.3, 0.4) is 0 Å². The molecular formula is C24H28O10. The molecule has 3 aliphatic rings. The van der Waals surface area contributed by atoms with E-state index in [0.29, 0.717) is 31.2 Å². The quantitative estimate of drug-likeness (QED) is 0.465. The number of aliphatic hydroxyl groups is 2. The van der Waals surface area contributed by atoms with Gasteiger partial charge in [-0.25, -0.2) is 0 Å². The predicted octanol–water partition coefficient (Wildman–Crippen LogP) is 2.41. The average Bonchev–Trinajstić information content (AvgIpc) is 2.78. The van der Waals surface area contributed by atoms with Crippen molar-refractivity contribution in [3.05, 3.63) is 34.4 Å². The van der Waals surface area contributed by atoms with Crippen LogP contribution in [0, 0.1) is 0 Å². The van der Waals surface area contributed by atoms with Crippen LogP contribution < -0.4 is 0 Å². The number of aromatic hydroxyl groups is 1. The van der Waals surface area contributed by atoms with Gasteiger partial charge >= 0.3 is 5.97 Å². The highest BCUT2D eigenvalue weighted by Crippen LogP contribution is 2.43. The molecule has 2 fully saturated rings. The van der Waals surface area contributed by atoms with Crippen molar-refractivity contribution in [2.24, 2.45) is 0 Å². The number of aliphatic hydroxyl groups excluding tert-OH is 2. The first-order valence-electron chi connectivity index (χ1n) is 11.3. The van der Waals surface area contributed by atoms with Gasteiger partial charge in [0.2, 0.25) is 11.6 Å². The Morgan fingerprint density at radius 1 is 1.03 bits per heavy atom. The number of hydrogen-bond acceptors (Lipinski definition) is 9. The molecular weight excluding hydrogens is 448 g/mol. The van der Waals surface area contributed by atoms with Crippen LogP contribution in [0.15, 0.2) is 17.7 Å². The second-order valence-electron chi connectivity index (χ2n) is 8.98. The summed E-state index contributed by atoms with van der Waals surface area (Å²) in [5.41, 5.74) is -0.682. The molecule has 10 nitrogen and oxygen atoms in total. The fourth-order valence-electron chi connectivity index (χ4n) is 4.74. The van der Waals surface area contributed by atoms with Gasteiger partial charge in [0.1, 0.15) is 11.5 Å². The zero-order valence-corrected chi connectivity index (χ0v) is 18.9. The predicted molar refractivity (Wildman–Crippen MR) is 116 cm³/mol. The lowest BCUT2D eigenvalue weighted by atomic mass is 9.84. The molecule has 0 aromatic heterocycles. The maximum atomic E-state index is 12.4. The molecule has 0 bridgehead atoms. The average molecular weight is 476 g/mol. The van der Waals surface area contributed by atoms with E-state index in [1.165, 1.54) is 12.1 Å². The topological polar surface area (TPSA) is 160 Å². The minimum atomic E-state index is -1.39. The highest BCUT2D eigenvalue weighted by atomic mass is 16.7. The molecule has 34 heavy (non-hydrogen) atoms.